The molecular formula is C56H100O6. The Morgan fingerprint density at radius 2 is 0.597 bits per heavy atom. The Bertz CT molecular complexity index is 1090. The van der Waals surface area contributed by atoms with Crippen molar-refractivity contribution >= 4 is 17.9 Å². The highest BCUT2D eigenvalue weighted by molar-refractivity contribution is 5.71. The fraction of sp³-hybridized carbons (Fsp3) is 0.804. The number of carbonyl (C=O) groups is 3. The Morgan fingerprint density at radius 1 is 0.323 bits per heavy atom. The predicted octanol–water partition coefficient (Wildman–Crippen LogP) is 17.5. The fourth-order valence-corrected chi connectivity index (χ4v) is 7.51. The Hall–Kier alpha value is -2.63. The van der Waals surface area contributed by atoms with Gasteiger partial charge in [-0.15, -0.1) is 0 Å². The minimum atomic E-state index is -0.793. The van der Waals surface area contributed by atoms with E-state index in [1.54, 1.807) is 0 Å². The van der Waals surface area contributed by atoms with Crippen LogP contribution >= 0.6 is 0 Å². The molecule has 0 radical (unpaired) electrons. The molecule has 1 atom stereocenters. The normalized spacial score (nSPS) is 12.4. The van der Waals surface area contributed by atoms with Gasteiger partial charge in [-0.2, -0.15) is 0 Å². The molecule has 0 aromatic heterocycles. The number of carbonyl (C=O) groups excluding carboxylic acids is 3. The van der Waals surface area contributed by atoms with Gasteiger partial charge in [0, 0.05) is 19.3 Å². The zero-order valence-electron chi connectivity index (χ0n) is 41.1. The van der Waals surface area contributed by atoms with Crippen molar-refractivity contribution in [3.8, 4) is 0 Å². The smallest absolute Gasteiger partial charge is 0.306 e. The molecule has 0 spiro atoms. The Morgan fingerprint density at radius 3 is 1.02 bits per heavy atom. The summed E-state index contributed by atoms with van der Waals surface area (Å²) in [6.07, 6.45) is 61.0. The predicted molar refractivity (Wildman–Crippen MR) is 265 cm³/mol. The van der Waals surface area contributed by atoms with Crippen molar-refractivity contribution < 1.29 is 28.6 Å². The Labute approximate surface area is 384 Å². The molecule has 0 rings (SSSR count). The highest BCUT2D eigenvalue weighted by atomic mass is 16.6. The van der Waals surface area contributed by atoms with E-state index in [0.717, 1.165) is 64.2 Å². The highest BCUT2D eigenvalue weighted by Gasteiger charge is 2.19. The molecule has 0 heterocycles. The molecule has 0 aromatic rings. The van der Waals surface area contributed by atoms with Gasteiger partial charge >= 0.3 is 17.9 Å². The zero-order valence-corrected chi connectivity index (χ0v) is 41.1. The second kappa shape index (κ2) is 51.0. The largest absolute Gasteiger partial charge is 0.462 e. The van der Waals surface area contributed by atoms with E-state index in [1.165, 1.54) is 161 Å². The number of hydrogen-bond acceptors (Lipinski definition) is 6. The van der Waals surface area contributed by atoms with E-state index < -0.39 is 6.10 Å². The minimum Gasteiger partial charge on any atom is -0.462 e. The van der Waals surface area contributed by atoms with Crippen LogP contribution in [0.4, 0.5) is 0 Å². The van der Waals surface area contributed by atoms with Crippen LogP contribution in [0.15, 0.2) is 48.6 Å². The average Bonchev–Trinajstić information content (AvgIpc) is 3.27. The summed E-state index contributed by atoms with van der Waals surface area (Å²) in [5, 5.41) is 0. The number of ether oxygens (including phenoxy) is 3. The highest BCUT2D eigenvalue weighted by Crippen LogP contribution is 2.15. The summed E-state index contributed by atoms with van der Waals surface area (Å²) in [5.41, 5.74) is 0. The van der Waals surface area contributed by atoms with Crippen LogP contribution in [0.3, 0.4) is 0 Å². The lowest BCUT2D eigenvalue weighted by atomic mass is 10.0. The first kappa shape index (κ1) is 59.4. The van der Waals surface area contributed by atoms with Gasteiger partial charge < -0.3 is 14.2 Å². The van der Waals surface area contributed by atoms with Crippen molar-refractivity contribution in [3.05, 3.63) is 48.6 Å². The van der Waals surface area contributed by atoms with Gasteiger partial charge in [-0.25, -0.2) is 0 Å². The SMILES string of the molecule is CCCCC/C=C\CCCCCCCC(=O)OCC(COC(=O)CCC/C=C\C/C=C\C/C=C\CCCCCCCC)OC(=O)CCCCCCCCCCCCCCCCC. The molecule has 6 nitrogen and oxygen atoms in total. The molecule has 0 bridgehead atoms. The molecule has 0 aliphatic heterocycles. The first-order valence-corrected chi connectivity index (χ1v) is 26.6. The van der Waals surface area contributed by atoms with Crippen molar-refractivity contribution in [3.63, 3.8) is 0 Å². The van der Waals surface area contributed by atoms with Crippen molar-refractivity contribution in [2.45, 2.75) is 277 Å². The van der Waals surface area contributed by atoms with Crippen molar-refractivity contribution in [2.75, 3.05) is 13.2 Å². The molecule has 0 saturated heterocycles. The van der Waals surface area contributed by atoms with Crippen LogP contribution in [0.2, 0.25) is 0 Å². The first-order chi connectivity index (χ1) is 30.5. The number of allylic oxidation sites excluding steroid dienone is 8. The molecule has 1 unspecified atom stereocenters. The quantitative estimate of drug-likeness (QED) is 0.0262. The minimum absolute atomic E-state index is 0.0908. The van der Waals surface area contributed by atoms with Crippen molar-refractivity contribution in [2.24, 2.45) is 0 Å². The van der Waals surface area contributed by atoms with E-state index in [4.69, 9.17) is 14.2 Å². The molecule has 62 heavy (non-hydrogen) atoms. The lowest BCUT2D eigenvalue weighted by Crippen LogP contribution is -2.30. The summed E-state index contributed by atoms with van der Waals surface area (Å²) in [7, 11) is 0. The molecule has 0 N–H and O–H groups in total. The van der Waals surface area contributed by atoms with Gasteiger partial charge in [-0.3, -0.25) is 14.4 Å². The number of hydrogen-bond donors (Lipinski definition) is 0. The maximum atomic E-state index is 12.8. The molecule has 0 aliphatic rings. The van der Waals surface area contributed by atoms with Crippen LogP contribution in [0.1, 0.15) is 271 Å². The van der Waals surface area contributed by atoms with Gasteiger partial charge in [-0.1, -0.05) is 223 Å². The summed E-state index contributed by atoms with van der Waals surface area (Å²) in [6.45, 7) is 6.57. The van der Waals surface area contributed by atoms with Gasteiger partial charge in [0.2, 0.25) is 0 Å². The summed E-state index contributed by atoms with van der Waals surface area (Å²) in [5.74, 6) is -0.944. The second-order valence-electron chi connectivity index (χ2n) is 17.8. The van der Waals surface area contributed by atoms with E-state index in [-0.39, 0.29) is 31.1 Å². The van der Waals surface area contributed by atoms with E-state index in [1.807, 2.05) is 0 Å². The molecule has 0 aromatic carbocycles. The van der Waals surface area contributed by atoms with Crippen LogP contribution < -0.4 is 0 Å². The number of unbranched alkanes of at least 4 members (excludes halogenated alkanes) is 29. The maximum Gasteiger partial charge on any atom is 0.306 e. The van der Waals surface area contributed by atoms with E-state index >= 15 is 0 Å². The average molecular weight is 869 g/mol. The Kier molecular flexibility index (Phi) is 48.8. The van der Waals surface area contributed by atoms with Gasteiger partial charge in [0.1, 0.15) is 13.2 Å². The van der Waals surface area contributed by atoms with Crippen LogP contribution in [-0.2, 0) is 28.6 Å². The topological polar surface area (TPSA) is 78.9 Å². The summed E-state index contributed by atoms with van der Waals surface area (Å²) in [4.78, 5) is 38.0. The van der Waals surface area contributed by atoms with E-state index in [2.05, 4.69) is 69.4 Å². The molecule has 0 saturated carbocycles. The number of rotatable bonds is 48. The van der Waals surface area contributed by atoms with Crippen LogP contribution in [-0.4, -0.2) is 37.2 Å². The van der Waals surface area contributed by atoms with E-state index in [9.17, 15) is 14.4 Å². The van der Waals surface area contributed by atoms with Crippen molar-refractivity contribution in [1.82, 2.24) is 0 Å². The third-order valence-electron chi connectivity index (χ3n) is 11.6. The fourth-order valence-electron chi connectivity index (χ4n) is 7.51. The molecule has 360 valence electrons. The zero-order chi connectivity index (χ0) is 45.1. The molecule has 0 amide bonds. The number of esters is 3. The third-order valence-corrected chi connectivity index (χ3v) is 11.6. The van der Waals surface area contributed by atoms with E-state index in [0.29, 0.717) is 25.7 Å². The van der Waals surface area contributed by atoms with Crippen LogP contribution in [0.25, 0.3) is 0 Å². The molecular weight excluding hydrogens is 769 g/mol. The summed E-state index contributed by atoms with van der Waals surface area (Å²) in [6, 6.07) is 0. The Balaban J connectivity index is 4.43. The molecule has 0 fully saturated rings. The molecule has 6 heteroatoms. The summed E-state index contributed by atoms with van der Waals surface area (Å²) >= 11 is 0. The van der Waals surface area contributed by atoms with Gasteiger partial charge in [-0.05, 0) is 77.0 Å². The lowest BCUT2D eigenvalue weighted by Gasteiger charge is -2.18. The van der Waals surface area contributed by atoms with Crippen LogP contribution in [0, 0.1) is 0 Å². The maximum absolute atomic E-state index is 12.8. The van der Waals surface area contributed by atoms with Crippen LogP contribution in [0.5, 0.6) is 0 Å². The van der Waals surface area contributed by atoms with Gasteiger partial charge in [0.15, 0.2) is 6.10 Å². The monoisotopic (exact) mass is 869 g/mol. The van der Waals surface area contributed by atoms with Gasteiger partial charge in [0.25, 0.3) is 0 Å². The standard InChI is InChI=1S/C56H100O6/c1-4-7-10-13-16-19-22-25-27-28-30-31-34-37-40-43-46-49-55(58)61-52-53(51-60-54(57)48-45-42-39-36-33-24-21-18-15-12-9-6-3)62-56(59)50-47-44-41-38-35-32-29-26-23-20-17-14-11-8-5-2/h18,21,25,27,30-31,37,40,53H,4-17,19-20,22-24,26,28-29,32-36,38-39,41-52H2,1-3H3/b21-18-,27-25-,31-30-,40-37-. The first-order valence-electron chi connectivity index (χ1n) is 26.6. The third kappa shape index (κ3) is 48.4. The van der Waals surface area contributed by atoms with Gasteiger partial charge in [0.05, 0.1) is 0 Å². The summed E-state index contributed by atoms with van der Waals surface area (Å²) < 4.78 is 16.8. The lowest BCUT2D eigenvalue weighted by molar-refractivity contribution is -0.167. The second-order valence-corrected chi connectivity index (χ2v) is 17.8. The van der Waals surface area contributed by atoms with Crippen molar-refractivity contribution in [1.29, 1.82) is 0 Å². The molecule has 0 aliphatic carbocycles.